The largest absolute Gasteiger partial charge is 0.495 e. The molecule has 2 amide bonds. The Kier molecular flexibility index (Phi) is 9.84. The molecule has 1 N–H and O–H groups in total. The van der Waals surface area contributed by atoms with Crippen molar-refractivity contribution in [3.63, 3.8) is 0 Å². The molecule has 4 rings (SSSR count). The Balaban J connectivity index is 1.48. The average Bonchev–Trinajstić information content (AvgIpc) is 3.14. The Bertz CT molecular complexity index is 1160. The third-order valence-corrected chi connectivity index (χ3v) is 7.97. The molecule has 0 aromatic heterocycles. The van der Waals surface area contributed by atoms with Crippen LogP contribution in [0.15, 0.2) is 42.5 Å². The van der Waals surface area contributed by atoms with Gasteiger partial charge in [0.15, 0.2) is 5.11 Å². The molecule has 0 spiro atoms. The summed E-state index contributed by atoms with van der Waals surface area (Å²) in [6.07, 6.45) is 0.795. The van der Waals surface area contributed by atoms with Crippen LogP contribution < -0.4 is 15.0 Å². The summed E-state index contributed by atoms with van der Waals surface area (Å²) in [5.41, 5.74) is 1.16. The molecule has 2 fully saturated rings. The molecule has 38 heavy (non-hydrogen) atoms. The van der Waals surface area contributed by atoms with Crippen LogP contribution in [-0.4, -0.2) is 90.6 Å². The van der Waals surface area contributed by atoms with Crippen LogP contribution in [0, 0.1) is 0 Å². The van der Waals surface area contributed by atoms with Crippen LogP contribution >= 0.6 is 35.4 Å². The van der Waals surface area contributed by atoms with E-state index in [2.05, 4.69) is 22.0 Å². The van der Waals surface area contributed by atoms with Gasteiger partial charge in [-0.05, 0) is 74.2 Å². The molecule has 0 unspecified atom stereocenters. The van der Waals surface area contributed by atoms with E-state index in [0.717, 1.165) is 45.7 Å². The molecule has 204 valence electrons. The van der Waals surface area contributed by atoms with Crippen LogP contribution in [-0.2, 0) is 9.59 Å². The Morgan fingerprint density at radius 1 is 1.05 bits per heavy atom. The van der Waals surface area contributed by atoms with E-state index in [-0.39, 0.29) is 18.2 Å². The molecule has 8 nitrogen and oxygen atoms in total. The van der Waals surface area contributed by atoms with Crippen molar-refractivity contribution in [1.29, 1.82) is 0 Å². The quantitative estimate of drug-likeness (QED) is 0.421. The highest BCUT2D eigenvalue weighted by molar-refractivity contribution is 7.80. The molecular weight excluding hydrogens is 545 g/mol. The van der Waals surface area contributed by atoms with Crippen LogP contribution in [0.3, 0.4) is 0 Å². The maximum atomic E-state index is 13.7. The van der Waals surface area contributed by atoms with E-state index in [9.17, 15) is 9.59 Å². The summed E-state index contributed by atoms with van der Waals surface area (Å²) in [4.78, 5) is 34.9. The number of rotatable bonds is 10. The lowest BCUT2D eigenvalue weighted by molar-refractivity contribution is -0.124. The molecule has 0 saturated carbocycles. The van der Waals surface area contributed by atoms with Crippen molar-refractivity contribution in [2.24, 2.45) is 0 Å². The van der Waals surface area contributed by atoms with Gasteiger partial charge >= 0.3 is 0 Å². The number of amides is 2. The molecule has 0 radical (unpaired) electrons. The van der Waals surface area contributed by atoms with Gasteiger partial charge in [-0.15, -0.1) is 0 Å². The van der Waals surface area contributed by atoms with Crippen LogP contribution in [0.25, 0.3) is 0 Å². The molecule has 2 heterocycles. The average molecular weight is 579 g/mol. The number of thiocarbonyl (C=S) groups is 1. The lowest BCUT2D eigenvalue weighted by atomic mass is 10.1. The van der Waals surface area contributed by atoms with Gasteiger partial charge in [-0.25, -0.2) is 0 Å². The summed E-state index contributed by atoms with van der Waals surface area (Å²) >= 11 is 18.1. The van der Waals surface area contributed by atoms with Gasteiger partial charge in [0.2, 0.25) is 5.91 Å². The van der Waals surface area contributed by atoms with Crippen molar-refractivity contribution >= 4 is 63.7 Å². The topological polar surface area (TPSA) is 68.4 Å². The zero-order valence-electron chi connectivity index (χ0n) is 21.7. The first-order valence-electron chi connectivity index (χ1n) is 12.8. The van der Waals surface area contributed by atoms with Crippen LogP contribution in [0.2, 0.25) is 10.0 Å². The standard InChI is InChI=1S/C27H33Cl2N5O3S/c1-3-31-13-15-32(16-14-31)11-4-12-33-23(18-25(35)30-20-7-5-19(28)6-8-20)26(36)34(27(33)38)21-9-10-24(37-2)22(29)17-21/h5-10,17,23H,3-4,11-16,18H2,1-2H3,(H,30,35)/t23-/m0/s1. The minimum atomic E-state index is -0.715. The fraction of sp³-hybridized carbons (Fsp3) is 0.444. The third kappa shape index (κ3) is 6.76. The highest BCUT2D eigenvalue weighted by atomic mass is 35.5. The van der Waals surface area contributed by atoms with Crippen molar-refractivity contribution in [2.75, 3.05) is 63.1 Å². The van der Waals surface area contributed by atoms with E-state index in [0.29, 0.717) is 38.8 Å². The monoisotopic (exact) mass is 577 g/mol. The van der Waals surface area contributed by atoms with E-state index >= 15 is 0 Å². The number of hydrogen-bond donors (Lipinski definition) is 1. The van der Waals surface area contributed by atoms with Gasteiger partial charge in [-0.3, -0.25) is 14.5 Å². The summed E-state index contributed by atoms with van der Waals surface area (Å²) in [7, 11) is 1.53. The van der Waals surface area contributed by atoms with Gasteiger partial charge in [-0.1, -0.05) is 30.1 Å². The fourth-order valence-electron chi connectivity index (χ4n) is 4.83. The molecule has 2 aromatic rings. The Morgan fingerprint density at radius 2 is 1.74 bits per heavy atom. The van der Waals surface area contributed by atoms with E-state index in [4.69, 9.17) is 40.2 Å². The van der Waals surface area contributed by atoms with Crippen molar-refractivity contribution in [2.45, 2.75) is 25.8 Å². The molecule has 2 aromatic carbocycles. The first kappa shape index (κ1) is 28.6. The van der Waals surface area contributed by atoms with E-state index < -0.39 is 6.04 Å². The lowest BCUT2D eigenvalue weighted by Crippen LogP contribution is -2.47. The number of anilines is 2. The van der Waals surface area contributed by atoms with Gasteiger partial charge in [0.25, 0.3) is 5.91 Å². The molecule has 2 aliphatic heterocycles. The fourth-order valence-corrected chi connectivity index (χ4v) is 5.63. The van der Waals surface area contributed by atoms with Crippen molar-refractivity contribution in [3.05, 3.63) is 52.5 Å². The van der Waals surface area contributed by atoms with Crippen molar-refractivity contribution in [1.82, 2.24) is 14.7 Å². The number of nitrogens with zero attached hydrogens (tertiary/aromatic N) is 4. The van der Waals surface area contributed by atoms with E-state index in [1.54, 1.807) is 42.5 Å². The molecule has 1 atom stereocenters. The number of carbonyl (C=O) groups is 2. The van der Waals surface area contributed by atoms with Crippen molar-refractivity contribution in [3.8, 4) is 5.75 Å². The maximum Gasteiger partial charge on any atom is 0.256 e. The Morgan fingerprint density at radius 3 is 2.37 bits per heavy atom. The number of carbonyl (C=O) groups excluding carboxylic acids is 2. The first-order valence-corrected chi connectivity index (χ1v) is 14.0. The normalized spacial score (nSPS) is 18.8. The highest BCUT2D eigenvalue weighted by Gasteiger charge is 2.44. The number of hydrogen-bond acceptors (Lipinski definition) is 6. The van der Waals surface area contributed by atoms with Crippen LogP contribution in [0.4, 0.5) is 11.4 Å². The highest BCUT2D eigenvalue weighted by Crippen LogP contribution is 2.33. The number of ether oxygens (including phenoxy) is 1. The second kappa shape index (κ2) is 13.1. The van der Waals surface area contributed by atoms with E-state index in [1.807, 2.05) is 4.90 Å². The van der Waals surface area contributed by atoms with E-state index in [1.165, 1.54) is 12.0 Å². The smallest absolute Gasteiger partial charge is 0.256 e. The lowest BCUT2D eigenvalue weighted by Gasteiger charge is -2.34. The molecule has 2 saturated heterocycles. The van der Waals surface area contributed by atoms with Gasteiger partial charge in [0.1, 0.15) is 11.8 Å². The number of nitrogens with one attached hydrogen (secondary N) is 1. The first-order chi connectivity index (χ1) is 18.3. The van der Waals surface area contributed by atoms with Gasteiger partial charge < -0.3 is 24.8 Å². The van der Waals surface area contributed by atoms with Crippen LogP contribution in [0.1, 0.15) is 19.8 Å². The molecule has 2 aliphatic rings. The van der Waals surface area contributed by atoms with Gasteiger partial charge in [0.05, 0.1) is 24.2 Å². The summed E-state index contributed by atoms with van der Waals surface area (Å²) in [5, 5.41) is 4.19. The predicted octanol–water partition coefficient (Wildman–Crippen LogP) is 4.36. The van der Waals surface area contributed by atoms with Gasteiger partial charge in [-0.2, -0.15) is 0 Å². The molecular formula is C27H33Cl2N5O3S. The number of benzene rings is 2. The summed E-state index contributed by atoms with van der Waals surface area (Å²) in [6.45, 7) is 8.92. The third-order valence-electron chi connectivity index (χ3n) is 7.00. The predicted molar refractivity (Wildman–Crippen MR) is 156 cm³/mol. The SMILES string of the molecule is CCN1CCN(CCCN2C(=S)N(c3ccc(OC)c(Cl)c3)C(=O)[C@@H]2CC(=O)Nc2ccc(Cl)cc2)CC1. The minimum Gasteiger partial charge on any atom is -0.495 e. The zero-order chi connectivity index (χ0) is 27.2. The zero-order valence-corrected chi connectivity index (χ0v) is 24.0. The molecule has 0 bridgehead atoms. The minimum absolute atomic E-state index is 0.0306. The second-order valence-electron chi connectivity index (χ2n) is 9.37. The summed E-state index contributed by atoms with van der Waals surface area (Å²) in [5.74, 6) is -0.0188. The Labute approximate surface area is 239 Å². The van der Waals surface area contributed by atoms with Crippen LogP contribution in [0.5, 0.6) is 5.75 Å². The molecule has 11 heteroatoms. The summed E-state index contributed by atoms with van der Waals surface area (Å²) in [6, 6.07) is 11.2. The maximum absolute atomic E-state index is 13.7. The Hall–Kier alpha value is -2.43. The van der Waals surface area contributed by atoms with Gasteiger partial charge in [0, 0.05) is 43.4 Å². The van der Waals surface area contributed by atoms with Crippen molar-refractivity contribution < 1.29 is 14.3 Å². The second-order valence-corrected chi connectivity index (χ2v) is 10.6. The number of piperazine rings is 1. The molecule has 0 aliphatic carbocycles. The number of halogens is 2. The number of likely N-dealkylation sites (N-methyl/N-ethyl adjacent to an activating group) is 1. The summed E-state index contributed by atoms with van der Waals surface area (Å²) < 4.78 is 5.25. The number of methoxy groups -OCH3 is 1.